The molecule has 0 aliphatic carbocycles. The van der Waals surface area contributed by atoms with Crippen LogP contribution in [-0.2, 0) is 20.7 Å². The Balaban J connectivity index is 1.87. The highest BCUT2D eigenvalue weighted by atomic mass is 79.9. The van der Waals surface area contributed by atoms with Crippen LogP contribution in [0.4, 0.5) is 5.69 Å². The van der Waals surface area contributed by atoms with Gasteiger partial charge in [-0.2, -0.15) is 5.26 Å². The lowest BCUT2D eigenvalue weighted by Gasteiger charge is -2.08. The Morgan fingerprint density at radius 1 is 1.21 bits per heavy atom. The Bertz CT molecular complexity index is 800. The molecule has 2 aromatic carbocycles. The van der Waals surface area contributed by atoms with Crippen molar-refractivity contribution in [2.45, 2.75) is 6.42 Å². The van der Waals surface area contributed by atoms with Crippen molar-refractivity contribution in [2.75, 3.05) is 11.9 Å². The van der Waals surface area contributed by atoms with Gasteiger partial charge in [-0.15, -0.1) is 0 Å². The van der Waals surface area contributed by atoms with E-state index in [0.717, 1.165) is 10.0 Å². The van der Waals surface area contributed by atoms with E-state index in [2.05, 4.69) is 21.2 Å². The smallest absolute Gasteiger partial charge is 0.310 e. The van der Waals surface area contributed by atoms with Gasteiger partial charge in [0.2, 0.25) is 0 Å². The summed E-state index contributed by atoms with van der Waals surface area (Å²) in [6.45, 7) is -0.438. The number of amides is 1. The molecule has 0 aliphatic heterocycles. The van der Waals surface area contributed by atoms with Gasteiger partial charge in [-0.3, -0.25) is 9.59 Å². The number of rotatable bonds is 5. The third-order valence-corrected chi connectivity index (χ3v) is 3.77. The highest BCUT2D eigenvalue weighted by Gasteiger charge is 2.11. The van der Waals surface area contributed by atoms with E-state index in [4.69, 9.17) is 21.6 Å². The molecule has 0 bridgehead atoms. The van der Waals surface area contributed by atoms with Crippen LogP contribution in [0.1, 0.15) is 11.1 Å². The monoisotopic (exact) mass is 406 g/mol. The number of nitrogens with zero attached hydrogens (tertiary/aromatic N) is 1. The molecule has 2 aromatic rings. The molecule has 0 unspecified atom stereocenters. The Morgan fingerprint density at radius 3 is 2.58 bits per heavy atom. The number of carbonyl (C=O) groups excluding carboxylic acids is 2. The fourth-order valence-corrected chi connectivity index (χ4v) is 2.31. The molecule has 2 rings (SSSR count). The minimum absolute atomic E-state index is 0.0706. The topological polar surface area (TPSA) is 79.2 Å². The SMILES string of the molecule is N#Cc1ccc(Cl)cc1NC(=O)COC(=O)Cc1ccc(Br)cc1. The Labute approximate surface area is 152 Å². The second-order valence-corrected chi connectivity index (χ2v) is 6.17. The molecule has 0 atom stereocenters. The van der Waals surface area contributed by atoms with Crippen LogP contribution in [-0.4, -0.2) is 18.5 Å². The molecule has 24 heavy (non-hydrogen) atoms. The molecular formula is C17H12BrClN2O3. The highest BCUT2D eigenvalue weighted by molar-refractivity contribution is 9.10. The molecule has 1 N–H and O–H groups in total. The highest BCUT2D eigenvalue weighted by Crippen LogP contribution is 2.20. The second kappa shape index (κ2) is 8.48. The van der Waals surface area contributed by atoms with Gasteiger partial charge in [0.15, 0.2) is 6.61 Å². The van der Waals surface area contributed by atoms with Crippen LogP contribution in [0, 0.1) is 11.3 Å². The Kier molecular flexibility index (Phi) is 6.36. The molecule has 122 valence electrons. The van der Waals surface area contributed by atoms with E-state index in [1.807, 2.05) is 18.2 Å². The zero-order valence-corrected chi connectivity index (χ0v) is 14.7. The lowest BCUT2D eigenvalue weighted by molar-refractivity contribution is -0.146. The molecule has 0 saturated heterocycles. The number of hydrogen-bond acceptors (Lipinski definition) is 4. The number of carbonyl (C=O) groups is 2. The molecule has 0 spiro atoms. The van der Waals surface area contributed by atoms with Gasteiger partial charge >= 0.3 is 5.97 Å². The zero-order valence-electron chi connectivity index (χ0n) is 12.4. The number of hydrogen-bond donors (Lipinski definition) is 1. The van der Waals surface area contributed by atoms with E-state index in [9.17, 15) is 9.59 Å². The van der Waals surface area contributed by atoms with Crippen molar-refractivity contribution in [2.24, 2.45) is 0 Å². The summed E-state index contributed by atoms with van der Waals surface area (Å²) in [5.41, 5.74) is 1.33. The Morgan fingerprint density at radius 2 is 1.92 bits per heavy atom. The van der Waals surface area contributed by atoms with E-state index < -0.39 is 18.5 Å². The first kappa shape index (κ1) is 18.0. The molecule has 0 radical (unpaired) electrons. The molecule has 0 fully saturated rings. The number of anilines is 1. The summed E-state index contributed by atoms with van der Waals surface area (Å²) in [5.74, 6) is -1.06. The molecule has 0 heterocycles. The van der Waals surface area contributed by atoms with Crippen LogP contribution in [0.25, 0.3) is 0 Å². The first-order chi connectivity index (χ1) is 11.5. The van der Waals surface area contributed by atoms with Crippen molar-refractivity contribution in [1.82, 2.24) is 0 Å². The number of ether oxygens (including phenoxy) is 1. The summed E-state index contributed by atoms with van der Waals surface area (Å²) in [7, 11) is 0. The van der Waals surface area contributed by atoms with Gasteiger partial charge in [-0.05, 0) is 35.9 Å². The van der Waals surface area contributed by atoms with Gasteiger partial charge in [-0.1, -0.05) is 39.7 Å². The summed E-state index contributed by atoms with van der Waals surface area (Å²) < 4.78 is 5.85. The van der Waals surface area contributed by atoms with Gasteiger partial charge in [-0.25, -0.2) is 0 Å². The van der Waals surface area contributed by atoms with E-state index in [1.165, 1.54) is 12.1 Å². The molecule has 0 aliphatic rings. The average Bonchev–Trinajstić information content (AvgIpc) is 2.55. The molecule has 0 aromatic heterocycles. The minimum Gasteiger partial charge on any atom is -0.455 e. The summed E-state index contributed by atoms with van der Waals surface area (Å²) >= 11 is 9.15. The first-order valence-corrected chi connectivity index (χ1v) is 8.04. The van der Waals surface area contributed by atoms with Crippen LogP contribution in [0.15, 0.2) is 46.9 Å². The normalized spacial score (nSPS) is 9.88. The van der Waals surface area contributed by atoms with Gasteiger partial charge in [0.1, 0.15) is 6.07 Å². The maximum Gasteiger partial charge on any atom is 0.310 e. The molecule has 5 nitrogen and oxygen atoms in total. The predicted octanol–water partition coefficient (Wildman–Crippen LogP) is 3.70. The summed E-state index contributed by atoms with van der Waals surface area (Å²) in [6.07, 6.45) is 0.0706. The Hall–Kier alpha value is -2.36. The fraction of sp³-hybridized carbons (Fsp3) is 0.118. The van der Waals surface area contributed by atoms with Gasteiger partial charge in [0.05, 0.1) is 17.7 Å². The van der Waals surface area contributed by atoms with Crippen LogP contribution in [0.3, 0.4) is 0 Å². The van der Waals surface area contributed by atoms with E-state index >= 15 is 0 Å². The number of nitrogens with one attached hydrogen (secondary N) is 1. The molecule has 1 amide bonds. The van der Waals surface area contributed by atoms with E-state index in [-0.39, 0.29) is 17.7 Å². The average molecular weight is 408 g/mol. The maximum absolute atomic E-state index is 11.8. The largest absolute Gasteiger partial charge is 0.455 e. The number of esters is 1. The van der Waals surface area contributed by atoms with Crippen molar-refractivity contribution in [3.05, 3.63) is 63.1 Å². The maximum atomic E-state index is 11.8. The lowest BCUT2D eigenvalue weighted by Crippen LogP contribution is -2.22. The van der Waals surface area contributed by atoms with E-state index in [1.54, 1.807) is 18.2 Å². The standard InChI is InChI=1S/C17H12BrClN2O3/c18-13-4-1-11(2-5-13)7-17(23)24-10-16(22)21-15-8-14(19)6-3-12(15)9-20/h1-6,8H,7,10H2,(H,21,22). The lowest BCUT2D eigenvalue weighted by atomic mass is 10.2. The van der Waals surface area contributed by atoms with E-state index in [0.29, 0.717) is 5.02 Å². The number of benzene rings is 2. The summed E-state index contributed by atoms with van der Waals surface area (Å²) in [6, 6.07) is 13.7. The van der Waals surface area contributed by atoms with Crippen molar-refractivity contribution in [3.63, 3.8) is 0 Å². The summed E-state index contributed by atoms with van der Waals surface area (Å²) in [5, 5.41) is 11.9. The molecule has 0 saturated carbocycles. The van der Waals surface area contributed by atoms with Crippen molar-refractivity contribution < 1.29 is 14.3 Å². The molecular weight excluding hydrogens is 396 g/mol. The third kappa shape index (κ3) is 5.37. The third-order valence-electron chi connectivity index (χ3n) is 3.00. The first-order valence-electron chi connectivity index (χ1n) is 6.87. The van der Waals surface area contributed by atoms with Crippen LogP contribution >= 0.6 is 27.5 Å². The van der Waals surface area contributed by atoms with Gasteiger partial charge in [0, 0.05) is 9.50 Å². The molecule has 7 heteroatoms. The van der Waals surface area contributed by atoms with Crippen LogP contribution in [0.5, 0.6) is 0 Å². The van der Waals surface area contributed by atoms with Crippen molar-refractivity contribution in [3.8, 4) is 6.07 Å². The minimum atomic E-state index is -0.544. The van der Waals surface area contributed by atoms with Crippen molar-refractivity contribution >= 4 is 45.1 Å². The zero-order chi connectivity index (χ0) is 17.5. The van der Waals surface area contributed by atoms with Gasteiger partial charge < -0.3 is 10.1 Å². The fourth-order valence-electron chi connectivity index (χ4n) is 1.87. The number of nitriles is 1. The van der Waals surface area contributed by atoms with Crippen LogP contribution < -0.4 is 5.32 Å². The summed E-state index contributed by atoms with van der Waals surface area (Å²) in [4.78, 5) is 23.6. The predicted molar refractivity (Wildman–Crippen MR) is 93.6 cm³/mol. The van der Waals surface area contributed by atoms with Crippen LogP contribution in [0.2, 0.25) is 5.02 Å². The quantitative estimate of drug-likeness (QED) is 0.767. The van der Waals surface area contributed by atoms with Crippen molar-refractivity contribution in [1.29, 1.82) is 5.26 Å². The van der Waals surface area contributed by atoms with Gasteiger partial charge in [0.25, 0.3) is 5.91 Å². The second-order valence-electron chi connectivity index (χ2n) is 4.81. The number of halogens is 2.